The smallest absolute Gasteiger partial charge is 0.255 e. The predicted molar refractivity (Wildman–Crippen MR) is 122 cm³/mol. The molecule has 0 radical (unpaired) electrons. The van der Waals surface area contributed by atoms with Crippen LogP contribution in [0, 0.1) is 6.92 Å². The molecule has 2 aromatic carbocycles. The molecule has 0 aliphatic carbocycles. The normalized spacial score (nSPS) is 12.4. The summed E-state index contributed by atoms with van der Waals surface area (Å²) in [7, 11) is 2.17. The summed E-state index contributed by atoms with van der Waals surface area (Å²) in [5.74, 6) is 0.902. The molecule has 0 N–H and O–H groups in total. The van der Waals surface area contributed by atoms with Gasteiger partial charge in [-0.2, -0.15) is 4.40 Å². The molecule has 0 aliphatic heterocycles. The number of benzene rings is 2. The van der Waals surface area contributed by atoms with Gasteiger partial charge in [0.1, 0.15) is 5.52 Å². The molecule has 146 valence electrons. The van der Waals surface area contributed by atoms with E-state index in [1.807, 2.05) is 6.20 Å². The van der Waals surface area contributed by atoms with E-state index in [2.05, 4.69) is 93.1 Å². The predicted octanol–water partition coefficient (Wildman–Crippen LogP) is 6.17. The van der Waals surface area contributed by atoms with Crippen molar-refractivity contribution in [2.24, 2.45) is 7.05 Å². The minimum absolute atomic E-state index is 0.426. The van der Waals surface area contributed by atoms with Crippen LogP contribution in [0.3, 0.4) is 0 Å². The molecule has 3 aromatic heterocycles. The van der Waals surface area contributed by atoms with Gasteiger partial charge < -0.3 is 0 Å². The van der Waals surface area contributed by atoms with Crippen molar-refractivity contribution in [2.45, 2.75) is 46.5 Å². The fourth-order valence-electron chi connectivity index (χ4n) is 5.05. The molecule has 29 heavy (non-hydrogen) atoms. The van der Waals surface area contributed by atoms with E-state index in [1.54, 1.807) is 0 Å². The molecule has 5 rings (SSSR count). The van der Waals surface area contributed by atoms with Crippen LogP contribution >= 0.6 is 0 Å². The van der Waals surface area contributed by atoms with Gasteiger partial charge in [0.05, 0.1) is 23.3 Å². The zero-order chi connectivity index (χ0) is 20.4. The highest BCUT2D eigenvalue weighted by Gasteiger charge is 2.27. The Kier molecular flexibility index (Phi) is 3.92. The summed E-state index contributed by atoms with van der Waals surface area (Å²) in [6, 6.07) is 15.5. The Labute approximate surface area is 171 Å². The number of rotatable bonds is 2. The highest BCUT2D eigenvalue weighted by Crippen LogP contribution is 2.39. The van der Waals surface area contributed by atoms with Crippen LogP contribution in [-0.4, -0.2) is 9.38 Å². The number of para-hydroxylation sites is 2. The first-order chi connectivity index (χ1) is 13.9. The summed E-state index contributed by atoms with van der Waals surface area (Å²) in [6.45, 7) is 11.4. The fourth-order valence-corrected chi connectivity index (χ4v) is 5.05. The Morgan fingerprint density at radius 2 is 1.62 bits per heavy atom. The number of pyridine rings is 2. The van der Waals surface area contributed by atoms with Crippen LogP contribution < -0.4 is 4.57 Å². The van der Waals surface area contributed by atoms with Crippen molar-refractivity contribution in [3.05, 3.63) is 65.4 Å². The van der Waals surface area contributed by atoms with Crippen LogP contribution in [0.25, 0.3) is 38.5 Å². The summed E-state index contributed by atoms with van der Waals surface area (Å²) >= 11 is 0. The molecular weight excluding hydrogens is 354 g/mol. The first kappa shape index (κ1) is 18.1. The zero-order valence-corrected chi connectivity index (χ0v) is 18.1. The molecule has 0 bridgehead atoms. The van der Waals surface area contributed by atoms with Crippen LogP contribution in [0.1, 0.15) is 56.2 Å². The van der Waals surface area contributed by atoms with Gasteiger partial charge in [0.25, 0.3) is 5.65 Å². The van der Waals surface area contributed by atoms with Crippen molar-refractivity contribution in [1.82, 2.24) is 9.38 Å². The van der Waals surface area contributed by atoms with Crippen LogP contribution in [-0.2, 0) is 7.05 Å². The average Bonchev–Trinajstić information content (AvgIpc) is 3.00. The Balaban J connectivity index is 2.22. The van der Waals surface area contributed by atoms with Crippen LogP contribution in [0.4, 0.5) is 0 Å². The number of nitrogens with zero attached hydrogens (tertiary/aromatic N) is 3. The molecule has 0 amide bonds. The van der Waals surface area contributed by atoms with Crippen LogP contribution in [0.2, 0.25) is 0 Å². The molecule has 3 heterocycles. The molecule has 0 unspecified atom stereocenters. The lowest BCUT2D eigenvalue weighted by atomic mass is 9.86. The summed E-state index contributed by atoms with van der Waals surface area (Å²) in [4.78, 5) is 4.95. The Morgan fingerprint density at radius 3 is 2.34 bits per heavy atom. The largest absolute Gasteiger partial charge is 0.297 e. The number of imidazole rings is 1. The van der Waals surface area contributed by atoms with Gasteiger partial charge in [-0.1, -0.05) is 45.9 Å². The van der Waals surface area contributed by atoms with E-state index in [0.717, 1.165) is 5.52 Å². The molecule has 0 spiro atoms. The number of hydrogen-bond acceptors (Lipinski definition) is 1. The maximum absolute atomic E-state index is 4.95. The lowest BCUT2D eigenvalue weighted by molar-refractivity contribution is -0.617. The van der Waals surface area contributed by atoms with Crippen molar-refractivity contribution >= 4 is 38.5 Å². The topological polar surface area (TPSA) is 21.2 Å². The van der Waals surface area contributed by atoms with Gasteiger partial charge in [-0.25, -0.2) is 4.57 Å². The Hall–Kier alpha value is -2.94. The highest BCUT2D eigenvalue weighted by atomic mass is 15.1. The second-order valence-corrected chi connectivity index (χ2v) is 8.83. The van der Waals surface area contributed by atoms with E-state index < -0.39 is 0 Å². The van der Waals surface area contributed by atoms with Gasteiger partial charge in [0.2, 0.25) is 0 Å². The maximum atomic E-state index is 4.95. The summed E-state index contributed by atoms with van der Waals surface area (Å²) in [5.41, 5.74) is 10.2. The molecule has 3 heteroatoms. The molecule has 0 saturated carbocycles. The quantitative estimate of drug-likeness (QED) is 0.264. The van der Waals surface area contributed by atoms with Gasteiger partial charge in [0, 0.05) is 6.20 Å². The van der Waals surface area contributed by atoms with Crippen molar-refractivity contribution < 1.29 is 4.57 Å². The molecule has 0 atom stereocenters. The number of fused-ring (bicyclic) bond motifs is 8. The van der Waals surface area contributed by atoms with Gasteiger partial charge in [-0.05, 0) is 59.7 Å². The third-order valence-corrected chi connectivity index (χ3v) is 6.33. The number of hydrogen-bond donors (Lipinski definition) is 0. The molecule has 0 aliphatic rings. The standard InChI is InChI=1S/C26H28N3/c1-15(2)18-11-12-21-24(22(18)16(3)4)25-23(17(5)13-14-27-25)26-28(6)19-9-7-8-10-20(19)29(21)26/h7-16H,1-6H3/q+1. The van der Waals surface area contributed by atoms with Gasteiger partial charge in [0.15, 0.2) is 11.0 Å². The van der Waals surface area contributed by atoms with E-state index in [0.29, 0.717) is 11.8 Å². The third-order valence-electron chi connectivity index (χ3n) is 6.33. The SMILES string of the molecule is Cc1ccnc2c3c(C(C)C)c(C(C)C)ccc3n3c4ccccc4[n+](C)c3c12. The van der Waals surface area contributed by atoms with E-state index in [9.17, 15) is 0 Å². The molecule has 0 fully saturated rings. The van der Waals surface area contributed by atoms with Crippen molar-refractivity contribution in [2.75, 3.05) is 0 Å². The van der Waals surface area contributed by atoms with E-state index >= 15 is 0 Å². The first-order valence-corrected chi connectivity index (χ1v) is 10.5. The second-order valence-electron chi connectivity index (χ2n) is 8.83. The summed E-state index contributed by atoms with van der Waals surface area (Å²) in [6.07, 6.45) is 1.96. The van der Waals surface area contributed by atoms with E-state index in [4.69, 9.17) is 4.98 Å². The molecule has 5 aromatic rings. The lowest BCUT2D eigenvalue weighted by Crippen LogP contribution is -2.27. The third kappa shape index (κ3) is 2.37. The minimum atomic E-state index is 0.426. The summed E-state index contributed by atoms with van der Waals surface area (Å²) < 4.78 is 4.76. The zero-order valence-electron chi connectivity index (χ0n) is 18.1. The second kappa shape index (κ2) is 6.28. The van der Waals surface area contributed by atoms with Gasteiger partial charge in [-0.15, -0.1) is 0 Å². The number of aryl methyl sites for hydroxylation is 2. The van der Waals surface area contributed by atoms with Crippen molar-refractivity contribution in [1.29, 1.82) is 0 Å². The molecular formula is C26H28N3+. The number of aromatic nitrogens is 3. The van der Waals surface area contributed by atoms with Crippen LogP contribution in [0.5, 0.6) is 0 Å². The first-order valence-electron chi connectivity index (χ1n) is 10.5. The van der Waals surface area contributed by atoms with Crippen molar-refractivity contribution in [3.63, 3.8) is 0 Å². The highest BCUT2D eigenvalue weighted by molar-refractivity contribution is 6.13. The minimum Gasteiger partial charge on any atom is -0.255 e. The summed E-state index contributed by atoms with van der Waals surface area (Å²) in [5, 5.41) is 2.56. The molecule has 0 saturated heterocycles. The molecule has 3 nitrogen and oxygen atoms in total. The van der Waals surface area contributed by atoms with Gasteiger partial charge >= 0.3 is 0 Å². The lowest BCUT2D eigenvalue weighted by Gasteiger charge is -2.19. The van der Waals surface area contributed by atoms with E-state index in [1.165, 1.54) is 49.7 Å². The maximum Gasteiger partial charge on any atom is 0.297 e. The van der Waals surface area contributed by atoms with Crippen LogP contribution in [0.15, 0.2) is 48.7 Å². The van der Waals surface area contributed by atoms with E-state index in [-0.39, 0.29) is 0 Å². The monoisotopic (exact) mass is 382 g/mol. The fraction of sp³-hybridized carbons (Fsp3) is 0.308. The Bertz CT molecular complexity index is 1420. The van der Waals surface area contributed by atoms with Gasteiger partial charge in [-0.3, -0.25) is 4.98 Å². The van der Waals surface area contributed by atoms with Crippen molar-refractivity contribution in [3.8, 4) is 0 Å². The Morgan fingerprint density at radius 1 is 0.862 bits per heavy atom. The average molecular weight is 383 g/mol.